The zero-order valence-corrected chi connectivity index (χ0v) is 10.3. The van der Waals surface area contributed by atoms with Crippen molar-refractivity contribution in [3.63, 3.8) is 0 Å². The number of carbonyl (C=O) groups is 1. The van der Waals surface area contributed by atoms with E-state index < -0.39 is 0 Å². The molecule has 0 saturated heterocycles. The first-order chi connectivity index (χ1) is 8.29. The summed E-state index contributed by atoms with van der Waals surface area (Å²) in [4.78, 5) is 11.8. The van der Waals surface area contributed by atoms with Crippen LogP contribution in [0.1, 0.15) is 29.3 Å². The SMILES string of the molecule is CCCc1ccc(C(=O)Nc2nncs2)cc1. The van der Waals surface area contributed by atoms with Crippen LogP contribution in [0.4, 0.5) is 5.13 Å². The molecule has 1 N–H and O–H groups in total. The van der Waals surface area contributed by atoms with Crippen LogP contribution in [-0.4, -0.2) is 16.1 Å². The minimum atomic E-state index is -0.148. The fourth-order valence-corrected chi connectivity index (χ4v) is 1.95. The van der Waals surface area contributed by atoms with Crippen LogP contribution in [0.15, 0.2) is 29.8 Å². The van der Waals surface area contributed by atoms with E-state index in [1.54, 1.807) is 5.51 Å². The summed E-state index contributed by atoms with van der Waals surface area (Å²) in [5.74, 6) is -0.148. The number of aromatic nitrogens is 2. The molecule has 5 heteroatoms. The molecule has 17 heavy (non-hydrogen) atoms. The Morgan fingerprint density at radius 2 is 2.12 bits per heavy atom. The molecule has 0 aliphatic heterocycles. The van der Waals surface area contributed by atoms with Crippen LogP contribution < -0.4 is 5.32 Å². The molecule has 1 amide bonds. The van der Waals surface area contributed by atoms with E-state index in [2.05, 4.69) is 22.4 Å². The number of carbonyl (C=O) groups excluding carboxylic acids is 1. The maximum atomic E-state index is 11.8. The Kier molecular flexibility index (Phi) is 3.82. The highest BCUT2D eigenvalue weighted by atomic mass is 32.1. The molecular formula is C12H13N3OS. The summed E-state index contributed by atoms with van der Waals surface area (Å²) in [6.07, 6.45) is 2.15. The molecule has 88 valence electrons. The molecule has 1 heterocycles. The van der Waals surface area contributed by atoms with E-state index in [0.717, 1.165) is 12.8 Å². The smallest absolute Gasteiger partial charge is 0.257 e. The maximum Gasteiger partial charge on any atom is 0.257 e. The summed E-state index contributed by atoms with van der Waals surface area (Å²) in [6.45, 7) is 2.14. The number of nitrogens with zero attached hydrogens (tertiary/aromatic N) is 2. The number of benzene rings is 1. The van der Waals surface area contributed by atoms with Crippen LogP contribution in [-0.2, 0) is 6.42 Å². The molecule has 2 rings (SSSR count). The zero-order chi connectivity index (χ0) is 12.1. The summed E-state index contributed by atoms with van der Waals surface area (Å²) in [5, 5.41) is 10.6. The number of rotatable bonds is 4. The molecule has 0 saturated carbocycles. The lowest BCUT2D eigenvalue weighted by atomic mass is 10.1. The number of nitrogens with one attached hydrogen (secondary N) is 1. The first-order valence-corrected chi connectivity index (χ1v) is 6.34. The minimum Gasteiger partial charge on any atom is -0.296 e. The normalized spacial score (nSPS) is 10.2. The van der Waals surface area contributed by atoms with Crippen molar-refractivity contribution < 1.29 is 4.79 Å². The molecule has 2 aromatic rings. The monoisotopic (exact) mass is 247 g/mol. The summed E-state index contributed by atoms with van der Waals surface area (Å²) < 4.78 is 0. The lowest BCUT2D eigenvalue weighted by molar-refractivity contribution is 0.102. The third-order valence-electron chi connectivity index (χ3n) is 2.34. The standard InChI is InChI=1S/C12H13N3OS/c1-2-3-9-4-6-10(7-5-9)11(16)14-12-15-13-8-17-12/h4-8H,2-3H2,1H3,(H,14,15,16). The topological polar surface area (TPSA) is 54.9 Å². The fraction of sp³-hybridized carbons (Fsp3) is 0.250. The number of hydrogen-bond acceptors (Lipinski definition) is 4. The van der Waals surface area contributed by atoms with Crippen LogP contribution in [0.5, 0.6) is 0 Å². The first kappa shape index (κ1) is 11.7. The Balaban J connectivity index is 2.04. The van der Waals surface area contributed by atoms with E-state index in [9.17, 15) is 4.79 Å². The quantitative estimate of drug-likeness (QED) is 0.903. The van der Waals surface area contributed by atoms with Crippen LogP contribution in [0, 0.1) is 0 Å². The van der Waals surface area contributed by atoms with Crippen molar-refractivity contribution in [2.24, 2.45) is 0 Å². The van der Waals surface area contributed by atoms with E-state index in [1.165, 1.54) is 16.9 Å². The summed E-state index contributed by atoms with van der Waals surface area (Å²) in [6, 6.07) is 7.64. The van der Waals surface area contributed by atoms with Crippen molar-refractivity contribution in [3.8, 4) is 0 Å². The molecule has 4 nitrogen and oxygen atoms in total. The van der Waals surface area contributed by atoms with Gasteiger partial charge in [-0.05, 0) is 24.1 Å². The Morgan fingerprint density at radius 3 is 2.71 bits per heavy atom. The number of anilines is 1. The Labute approximate surface area is 104 Å². The molecule has 0 spiro atoms. The first-order valence-electron chi connectivity index (χ1n) is 5.46. The van der Waals surface area contributed by atoms with E-state index in [4.69, 9.17) is 0 Å². The maximum absolute atomic E-state index is 11.8. The summed E-state index contributed by atoms with van der Waals surface area (Å²) in [7, 11) is 0. The molecule has 0 bridgehead atoms. The summed E-state index contributed by atoms with van der Waals surface area (Å²) in [5.41, 5.74) is 3.47. The highest BCUT2D eigenvalue weighted by Gasteiger charge is 2.07. The van der Waals surface area contributed by atoms with Gasteiger partial charge in [0.05, 0.1) is 0 Å². The average Bonchev–Trinajstić information content (AvgIpc) is 2.83. The van der Waals surface area contributed by atoms with Gasteiger partial charge in [-0.15, -0.1) is 10.2 Å². The van der Waals surface area contributed by atoms with E-state index >= 15 is 0 Å². The Bertz CT molecular complexity index is 479. The van der Waals surface area contributed by atoms with Crippen molar-refractivity contribution in [3.05, 3.63) is 40.9 Å². The third kappa shape index (κ3) is 3.10. The molecule has 1 aromatic heterocycles. The fourth-order valence-electron chi connectivity index (χ4n) is 1.51. The largest absolute Gasteiger partial charge is 0.296 e. The van der Waals surface area contributed by atoms with Crippen LogP contribution in [0.2, 0.25) is 0 Å². The van der Waals surface area contributed by atoms with E-state index in [0.29, 0.717) is 10.7 Å². The number of amides is 1. The molecule has 1 aromatic carbocycles. The second-order valence-electron chi connectivity index (χ2n) is 3.64. The van der Waals surface area contributed by atoms with Gasteiger partial charge in [-0.2, -0.15) is 0 Å². The average molecular weight is 247 g/mol. The Hall–Kier alpha value is -1.75. The van der Waals surface area contributed by atoms with Gasteiger partial charge in [0.25, 0.3) is 5.91 Å². The molecule has 0 radical (unpaired) electrons. The van der Waals surface area contributed by atoms with Gasteiger partial charge < -0.3 is 0 Å². The number of hydrogen-bond donors (Lipinski definition) is 1. The van der Waals surface area contributed by atoms with Crippen LogP contribution in [0.25, 0.3) is 0 Å². The second kappa shape index (κ2) is 5.54. The van der Waals surface area contributed by atoms with Crippen molar-refractivity contribution >= 4 is 22.4 Å². The van der Waals surface area contributed by atoms with Gasteiger partial charge in [-0.25, -0.2) is 0 Å². The molecule has 0 fully saturated rings. The molecule has 0 aliphatic carbocycles. The van der Waals surface area contributed by atoms with Gasteiger partial charge in [0.2, 0.25) is 5.13 Å². The highest BCUT2D eigenvalue weighted by molar-refractivity contribution is 7.13. The Morgan fingerprint density at radius 1 is 1.35 bits per heavy atom. The van der Waals surface area contributed by atoms with Crippen molar-refractivity contribution in [1.82, 2.24) is 10.2 Å². The van der Waals surface area contributed by atoms with Crippen molar-refractivity contribution in [2.75, 3.05) is 5.32 Å². The number of aryl methyl sites for hydroxylation is 1. The third-order valence-corrected chi connectivity index (χ3v) is 2.94. The van der Waals surface area contributed by atoms with Gasteiger partial charge in [-0.1, -0.05) is 36.8 Å². The van der Waals surface area contributed by atoms with Gasteiger partial charge in [0, 0.05) is 5.56 Å². The lowest BCUT2D eigenvalue weighted by Crippen LogP contribution is -2.11. The van der Waals surface area contributed by atoms with E-state index in [-0.39, 0.29) is 5.91 Å². The van der Waals surface area contributed by atoms with Gasteiger partial charge >= 0.3 is 0 Å². The van der Waals surface area contributed by atoms with Gasteiger partial charge in [-0.3, -0.25) is 10.1 Å². The zero-order valence-electron chi connectivity index (χ0n) is 9.51. The van der Waals surface area contributed by atoms with Gasteiger partial charge in [0.15, 0.2) is 0 Å². The van der Waals surface area contributed by atoms with Crippen LogP contribution >= 0.6 is 11.3 Å². The minimum absolute atomic E-state index is 0.148. The predicted octanol–water partition coefficient (Wildman–Crippen LogP) is 2.74. The van der Waals surface area contributed by atoms with Crippen molar-refractivity contribution in [2.45, 2.75) is 19.8 Å². The van der Waals surface area contributed by atoms with Crippen molar-refractivity contribution in [1.29, 1.82) is 0 Å². The molecular weight excluding hydrogens is 234 g/mol. The predicted molar refractivity (Wildman–Crippen MR) is 68.3 cm³/mol. The summed E-state index contributed by atoms with van der Waals surface area (Å²) >= 11 is 1.30. The second-order valence-corrected chi connectivity index (χ2v) is 4.48. The van der Waals surface area contributed by atoms with Crippen LogP contribution in [0.3, 0.4) is 0 Å². The lowest BCUT2D eigenvalue weighted by Gasteiger charge is -2.02. The van der Waals surface area contributed by atoms with E-state index in [1.807, 2.05) is 24.3 Å². The molecule has 0 atom stereocenters. The van der Waals surface area contributed by atoms with Gasteiger partial charge in [0.1, 0.15) is 5.51 Å². The molecule has 0 unspecified atom stereocenters. The highest BCUT2D eigenvalue weighted by Crippen LogP contribution is 2.12. The molecule has 0 aliphatic rings.